The predicted molar refractivity (Wildman–Crippen MR) is 80.3 cm³/mol. The minimum absolute atomic E-state index is 0.0668. The zero-order valence-corrected chi connectivity index (χ0v) is 12.6. The molecule has 2 rings (SSSR count). The third kappa shape index (κ3) is 3.17. The first-order valence-corrected chi connectivity index (χ1v) is 7.05. The van der Waals surface area contributed by atoms with E-state index in [2.05, 4.69) is 53.6 Å². The summed E-state index contributed by atoms with van der Waals surface area (Å²) in [5.74, 6) is 0.610. The van der Waals surface area contributed by atoms with E-state index in [0.29, 0.717) is 11.9 Å². The summed E-state index contributed by atoms with van der Waals surface area (Å²) in [5.41, 5.74) is 2.35. The Morgan fingerprint density at radius 2 is 1.90 bits per heavy atom. The fraction of sp³-hybridized carbons (Fsp3) is 0.467. The van der Waals surface area contributed by atoms with Crippen molar-refractivity contribution in [2.45, 2.75) is 33.2 Å². The summed E-state index contributed by atoms with van der Waals surface area (Å²) < 4.78 is 5.71. The SMILES string of the molecule is CCNC(C)c1nnc(N(C)c2ccc(CC)cc2)o1. The van der Waals surface area contributed by atoms with Gasteiger partial charge in [-0.2, -0.15) is 0 Å². The molecule has 0 aliphatic heterocycles. The molecule has 0 radical (unpaired) electrons. The molecule has 1 aromatic carbocycles. The number of benzene rings is 1. The largest absolute Gasteiger partial charge is 0.406 e. The van der Waals surface area contributed by atoms with Crippen LogP contribution in [0.2, 0.25) is 0 Å². The molecule has 2 aromatic rings. The maximum absolute atomic E-state index is 5.71. The van der Waals surface area contributed by atoms with Crippen molar-refractivity contribution < 1.29 is 4.42 Å². The van der Waals surface area contributed by atoms with E-state index in [1.807, 2.05) is 18.9 Å². The molecule has 5 heteroatoms. The van der Waals surface area contributed by atoms with Crippen molar-refractivity contribution in [3.63, 3.8) is 0 Å². The Kier molecular flexibility index (Phi) is 4.74. The third-order valence-corrected chi connectivity index (χ3v) is 3.33. The third-order valence-electron chi connectivity index (χ3n) is 3.33. The van der Waals surface area contributed by atoms with Gasteiger partial charge < -0.3 is 9.73 Å². The first kappa shape index (κ1) is 14.5. The summed E-state index contributed by atoms with van der Waals surface area (Å²) in [6.07, 6.45) is 1.04. The summed E-state index contributed by atoms with van der Waals surface area (Å²) in [6, 6.07) is 8.94. The van der Waals surface area contributed by atoms with Crippen LogP contribution in [-0.4, -0.2) is 23.8 Å². The molecule has 1 N–H and O–H groups in total. The molecular weight excluding hydrogens is 252 g/mol. The molecule has 1 unspecified atom stereocenters. The summed E-state index contributed by atoms with van der Waals surface area (Å²) in [4.78, 5) is 1.90. The van der Waals surface area contributed by atoms with Crippen molar-refractivity contribution in [3.8, 4) is 0 Å². The highest BCUT2D eigenvalue weighted by Crippen LogP contribution is 2.24. The zero-order valence-electron chi connectivity index (χ0n) is 12.6. The number of aryl methyl sites for hydroxylation is 1. The second-order valence-electron chi connectivity index (χ2n) is 4.78. The van der Waals surface area contributed by atoms with Crippen LogP contribution in [0.3, 0.4) is 0 Å². The van der Waals surface area contributed by atoms with Gasteiger partial charge in [0, 0.05) is 12.7 Å². The van der Waals surface area contributed by atoms with Crippen LogP contribution in [0.4, 0.5) is 11.7 Å². The second kappa shape index (κ2) is 6.52. The van der Waals surface area contributed by atoms with Gasteiger partial charge in [-0.15, -0.1) is 5.10 Å². The van der Waals surface area contributed by atoms with E-state index >= 15 is 0 Å². The Morgan fingerprint density at radius 1 is 1.20 bits per heavy atom. The fourth-order valence-corrected chi connectivity index (χ4v) is 2.00. The first-order chi connectivity index (χ1) is 9.65. The van der Waals surface area contributed by atoms with Crippen molar-refractivity contribution in [1.82, 2.24) is 15.5 Å². The van der Waals surface area contributed by atoms with Gasteiger partial charge in [-0.1, -0.05) is 31.1 Å². The molecule has 20 heavy (non-hydrogen) atoms. The number of nitrogens with zero attached hydrogens (tertiary/aromatic N) is 3. The van der Waals surface area contributed by atoms with Gasteiger partial charge in [-0.05, 0) is 37.6 Å². The van der Waals surface area contributed by atoms with Gasteiger partial charge in [0.1, 0.15) is 0 Å². The average Bonchev–Trinajstić information content (AvgIpc) is 2.97. The predicted octanol–water partition coefficient (Wildman–Crippen LogP) is 3.07. The van der Waals surface area contributed by atoms with Gasteiger partial charge in [-0.3, -0.25) is 4.90 Å². The van der Waals surface area contributed by atoms with Gasteiger partial charge in [0.25, 0.3) is 0 Å². The lowest BCUT2D eigenvalue weighted by Crippen LogP contribution is -2.17. The number of nitrogens with one attached hydrogen (secondary N) is 1. The molecule has 0 spiro atoms. The Labute approximate surface area is 120 Å². The molecule has 5 nitrogen and oxygen atoms in total. The monoisotopic (exact) mass is 274 g/mol. The number of hydrogen-bond acceptors (Lipinski definition) is 5. The van der Waals surface area contributed by atoms with E-state index in [1.165, 1.54) is 5.56 Å². The van der Waals surface area contributed by atoms with E-state index in [-0.39, 0.29) is 6.04 Å². The molecule has 0 fully saturated rings. The zero-order chi connectivity index (χ0) is 14.5. The normalized spacial score (nSPS) is 12.4. The molecule has 0 bridgehead atoms. The molecule has 0 amide bonds. The van der Waals surface area contributed by atoms with E-state index in [1.54, 1.807) is 0 Å². The Hall–Kier alpha value is -1.88. The smallest absolute Gasteiger partial charge is 0.322 e. The molecule has 0 aliphatic rings. The number of hydrogen-bond donors (Lipinski definition) is 1. The van der Waals surface area contributed by atoms with Gasteiger partial charge >= 0.3 is 6.01 Å². The van der Waals surface area contributed by atoms with Gasteiger partial charge in [-0.25, -0.2) is 0 Å². The molecule has 0 saturated carbocycles. The molecular formula is C15H22N4O. The maximum atomic E-state index is 5.71. The van der Waals surface area contributed by atoms with E-state index in [0.717, 1.165) is 18.7 Å². The van der Waals surface area contributed by atoms with Crippen LogP contribution >= 0.6 is 0 Å². The van der Waals surface area contributed by atoms with Crippen LogP contribution in [0.25, 0.3) is 0 Å². The standard InChI is InChI=1S/C15H22N4O/c1-5-12-7-9-13(10-8-12)19(4)15-18-17-14(20-15)11(3)16-6-2/h7-11,16H,5-6H2,1-4H3. The molecule has 1 atom stereocenters. The van der Waals surface area contributed by atoms with Crippen LogP contribution in [0, 0.1) is 0 Å². The molecule has 0 aliphatic carbocycles. The van der Waals surface area contributed by atoms with Crippen LogP contribution in [-0.2, 0) is 6.42 Å². The average molecular weight is 274 g/mol. The lowest BCUT2D eigenvalue weighted by molar-refractivity contribution is 0.425. The van der Waals surface area contributed by atoms with Gasteiger partial charge in [0.2, 0.25) is 5.89 Å². The minimum atomic E-state index is 0.0668. The van der Waals surface area contributed by atoms with E-state index in [9.17, 15) is 0 Å². The Bertz CT molecular complexity index is 535. The highest BCUT2D eigenvalue weighted by molar-refractivity contribution is 5.55. The summed E-state index contributed by atoms with van der Waals surface area (Å²) in [7, 11) is 1.93. The maximum Gasteiger partial charge on any atom is 0.322 e. The topological polar surface area (TPSA) is 54.2 Å². The highest BCUT2D eigenvalue weighted by atomic mass is 16.4. The summed E-state index contributed by atoms with van der Waals surface area (Å²) in [5, 5.41) is 11.5. The van der Waals surface area contributed by atoms with Crippen molar-refractivity contribution in [2.24, 2.45) is 0 Å². The second-order valence-corrected chi connectivity index (χ2v) is 4.78. The van der Waals surface area contributed by atoms with Crippen molar-refractivity contribution in [3.05, 3.63) is 35.7 Å². The van der Waals surface area contributed by atoms with Crippen LogP contribution in [0.5, 0.6) is 0 Å². The van der Waals surface area contributed by atoms with E-state index < -0.39 is 0 Å². The summed E-state index contributed by atoms with van der Waals surface area (Å²) >= 11 is 0. The van der Waals surface area contributed by atoms with E-state index in [4.69, 9.17) is 4.42 Å². The lowest BCUT2D eigenvalue weighted by Gasteiger charge is -2.14. The Balaban J connectivity index is 2.13. The molecule has 1 aromatic heterocycles. The Morgan fingerprint density at radius 3 is 2.50 bits per heavy atom. The highest BCUT2D eigenvalue weighted by Gasteiger charge is 2.16. The van der Waals surface area contributed by atoms with Crippen LogP contribution in [0.1, 0.15) is 38.3 Å². The van der Waals surface area contributed by atoms with Gasteiger partial charge in [0.15, 0.2) is 0 Å². The molecule has 1 heterocycles. The van der Waals surface area contributed by atoms with Crippen LogP contribution in [0.15, 0.2) is 28.7 Å². The number of anilines is 2. The molecule has 108 valence electrons. The van der Waals surface area contributed by atoms with Crippen molar-refractivity contribution in [2.75, 3.05) is 18.5 Å². The molecule has 0 saturated heterocycles. The lowest BCUT2D eigenvalue weighted by atomic mass is 10.1. The number of aromatic nitrogens is 2. The van der Waals surface area contributed by atoms with Crippen molar-refractivity contribution >= 4 is 11.7 Å². The van der Waals surface area contributed by atoms with Crippen molar-refractivity contribution in [1.29, 1.82) is 0 Å². The summed E-state index contributed by atoms with van der Waals surface area (Å²) in [6.45, 7) is 7.07. The van der Waals surface area contributed by atoms with Crippen LogP contribution < -0.4 is 10.2 Å². The minimum Gasteiger partial charge on any atom is -0.406 e. The quantitative estimate of drug-likeness (QED) is 0.877. The van der Waals surface area contributed by atoms with Gasteiger partial charge in [0.05, 0.1) is 6.04 Å². The first-order valence-electron chi connectivity index (χ1n) is 7.05. The fourth-order valence-electron chi connectivity index (χ4n) is 2.00. The number of rotatable bonds is 6.